The molecule has 0 fully saturated rings. The first kappa shape index (κ1) is 84.0. The molecule has 2 heterocycles. The zero-order chi connectivity index (χ0) is 76.9. The van der Waals surface area contributed by atoms with Crippen molar-refractivity contribution in [3.8, 4) is 17.2 Å². The minimum atomic E-state index is -0.951. The number of Topliss-reactive ketones (excluding diaryl/α,β-unsaturated/α-hetero) is 3. The summed E-state index contributed by atoms with van der Waals surface area (Å²) in [5.41, 5.74) is 5.13. The van der Waals surface area contributed by atoms with Gasteiger partial charge in [-0.2, -0.15) is 0 Å². The average Bonchev–Trinajstić information content (AvgIpc) is 1.77. The van der Waals surface area contributed by atoms with Crippen LogP contribution in [0.5, 0.6) is 17.2 Å². The maximum absolute atomic E-state index is 14.3. The van der Waals surface area contributed by atoms with Gasteiger partial charge in [0.1, 0.15) is 37.4 Å². The van der Waals surface area contributed by atoms with E-state index in [2.05, 4.69) is 33.2 Å². The monoisotopic (exact) mass is 1460 g/mol. The quantitative estimate of drug-likeness (QED) is 0.0123. The van der Waals surface area contributed by atoms with E-state index in [1.807, 2.05) is 27.7 Å². The van der Waals surface area contributed by atoms with Crippen LogP contribution in [0.25, 0.3) is 0 Å². The number of rotatable bonds is 42. The molecule has 7 amide bonds. The third kappa shape index (κ3) is 26.0. The second-order valence-electron chi connectivity index (χ2n) is 26.9. The van der Waals surface area contributed by atoms with Crippen molar-refractivity contribution in [3.63, 3.8) is 0 Å². The number of hydrogen-bond acceptors (Lipinski definition) is 20. The number of unbranched alkanes of at least 4 members (excludes halogenated alkanes) is 2. The van der Waals surface area contributed by atoms with Crippen LogP contribution in [0.4, 0.5) is 25.8 Å². The Labute approximate surface area is 614 Å². The lowest BCUT2D eigenvalue weighted by Crippen LogP contribution is -2.53. The van der Waals surface area contributed by atoms with E-state index in [-0.39, 0.29) is 148 Å². The van der Waals surface area contributed by atoms with Crippen LogP contribution in [0.2, 0.25) is 0 Å². The van der Waals surface area contributed by atoms with Crippen LogP contribution >= 0.6 is 0 Å². The molecule has 4 aromatic carbocycles. The summed E-state index contributed by atoms with van der Waals surface area (Å²) >= 11 is 0. The summed E-state index contributed by atoms with van der Waals surface area (Å²) in [7, 11) is 2.97. The number of nitrogens with one attached hydrogen (secondary N) is 5. The highest BCUT2D eigenvalue weighted by Gasteiger charge is 2.34. The highest BCUT2D eigenvalue weighted by atomic mass is 16.6. The molecule has 0 radical (unpaired) electrons. The van der Waals surface area contributed by atoms with Gasteiger partial charge < -0.3 is 73.9 Å². The topological polar surface area (TPSA) is 352 Å². The fourth-order valence-corrected chi connectivity index (χ4v) is 11.6. The molecule has 7 N–H and O–H groups in total. The van der Waals surface area contributed by atoms with Crippen molar-refractivity contribution in [2.75, 3.05) is 77.7 Å². The number of anilines is 2. The predicted octanol–water partition coefficient (Wildman–Crippen LogP) is 9.80. The van der Waals surface area contributed by atoms with Crippen LogP contribution in [0.3, 0.4) is 0 Å². The Morgan fingerprint density at radius 3 is 1.51 bits per heavy atom. The number of benzene rings is 4. The second kappa shape index (κ2) is 42.1. The van der Waals surface area contributed by atoms with Gasteiger partial charge in [-0.1, -0.05) is 100 Å². The molecule has 2 aliphatic rings. The summed E-state index contributed by atoms with van der Waals surface area (Å²) < 4.78 is 44.8. The molecule has 105 heavy (non-hydrogen) atoms. The number of hydrogen-bond donors (Lipinski definition) is 7. The molecule has 0 spiro atoms. The number of ketones is 3. The molecule has 27 heteroatoms. The van der Waals surface area contributed by atoms with Gasteiger partial charge in [-0.05, 0) is 119 Å². The van der Waals surface area contributed by atoms with Crippen molar-refractivity contribution in [2.24, 2.45) is 17.8 Å². The van der Waals surface area contributed by atoms with E-state index < -0.39 is 72.1 Å². The number of carbonyl (C=O) groups excluding carboxylic acids is 10. The van der Waals surface area contributed by atoms with Crippen molar-refractivity contribution in [2.45, 2.75) is 164 Å². The van der Waals surface area contributed by atoms with Crippen molar-refractivity contribution in [1.29, 1.82) is 0 Å². The lowest BCUT2D eigenvalue weighted by atomic mass is 9.88. The molecule has 0 aliphatic carbocycles. The lowest BCUT2D eigenvalue weighted by Gasteiger charge is -2.24. The van der Waals surface area contributed by atoms with E-state index >= 15 is 0 Å². The first-order valence-electron chi connectivity index (χ1n) is 35.3. The number of amides is 7. The molecular formula is C78H103N7O20. The number of alkyl carbamates (subject to hydrolysis) is 1. The lowest BCUT2D eigenvalue weighted by molar-refractivity contribution is -0.133. The first-order chi connectivity index (χ1) is 50.2. The predicted molar refractivity (Wildman–Crippen MR) is 392 cm³/mol. The van der Waals surface area contributed by atoms with Gasteiger partial charge in [0.05, 0.1) is 100 Å². The number of ether oxygens (including phenoxy) is 8. The SMILES string of the molecule is C=CCOC(=O)N[C@@H](C(=O)N[C@@H](C)C(=O)Cc1ccc(COC(=O)Nc2cc(OCCCCCOc3cc(NC(=O)OCc4ccc(CC(=O)[C@H](C)NC(=O)[C@@H](CC(=O)CCOCCOC)C(C)C)cc4)c(C(=O)N4C=C(C)C[C@H]4CO)cc3C)c(OC)cc2C(=O)N2C=C(C)C[C@H]2CO)cc1)C(C)C. The number of aliphatic hydroxyl groups excluding tert-OH is 2. The van der Waals surface area contributed by atoms with Gasteiger partial charge in [-0.3, -0.25) is 44.2 Å². The van der Waals surface area contributed by atoms with Gasteiger partial charge in [0, 0.05) is 63.2 Å². The molecule has 0 unspecified atom stereocenters. The Bertz CT molecular complexity index is 3740. The van der Waals surface area contributed by atoms with Gasteiger partial charge in [-0.25, -0.2) is 14.4 Å². The largest absolute Gasteiger partial charge is 0.493 e. The summed E-state index contributed by atoms with van der Waals surface area (Å²) in [6.07, 6.45) is 4.88. The molecule has 2 aliphatic heterocycles. The molecule has 4 aromatic rings. The Balaban J connectivity index is 1.04. The Morgan fingerprint density at radius 2 is 1.04 bits per heavy atom. The van der Waals surface area contributed by atoms with Crippen LogP contribution in [0, 0.1) is 24.7 Å². The highest BCUT2D eigenvalue weighted by Crippen LogP contribution is 2.37. The molecule has 0 saturated heterocycles. The van der Waals surface area contributed by atoms with Crippen LogP contribution in [-0.2, 0) is 73.7 Å². The zero-order valence-corrected chi connectivity index (χ0v) is 62.1. The van der Waals surface area contributed by atoms with Crippen molar-refractivity contribution >= 4 is 70.6 Å². The van der Waals surface area contributed by atoms with E-state index in [9.17, 15) is 58.2 Å². The highest BCUT2D eigenvalue weighted by molar-refractivity contribution is 6.05. The summed E-state index contributed by atoms with van der Waals surface area (Å²) in [5, 5.41) is 33.8. The number of carbonyl (C=O) groups is 10. The van der Waals surface area contributed by atoms with Crippen LogP contribution in [0.1, 0.15) is 149 Å². The van der Waals surface area contributed by atoms with E-state index in [1.165, 1.54) is 35.1 Å². The number of methoxy groups -OCH3 is 2. The maximum atomic E-state index is 14.3. The van der Waals surface area contributed by atoms with Crippen molar-refractivity contribution in [1.82, 2.24) is 25.8 Å². The molecule has 570 valence electrons. The number of nitrogens with zero attached hydrogens (tertiary/aromatic N) is 2. The molecule has 0 bridgehead atoms. The first-order valence-corrected chi connectivity index (χ1v) is 35.3. The minimum Gasteiger partial charge on any atom is -0.493 e. The molecular weight excluding hydrogens is 1350 g/mol. The van der Waals surface area contributed by atoms with Gasteiger partial charge >= 0.3 is 18.3 Å². The molecule has 0 saturated carbocycles. The van der Waals surface area contributed by atoms with Crippen LogP contribution < -0.4 is 40.8 Å². The van der Waals surface area contributed by atoms with E-state index in [0.717, 1.165) is 11.1 Å². The fourth-order valence-electron chi connectivity index (χ4n) is 11.6. The van der Waals surface area contributed by atoms with Crippen LogP contribution in [0.15, 0.2) is 109 Å². The Kier molecular flexibility index (Phi) is 33.7. The summed E-state index contributed by atoms with van der Waals surface area (Å²) in [6, 6.07) is 16.0. The normalized spacial score (nSPS) is 15.1. The van der Waals surface area contributed by atoms with Crippen molar-refractivity contribution in [3.05, 3.63) is 148 Å². The van der Waals surface area contributed by atoms with E-state index in [4.69, 9.17) is 37.9 Å². The average molecular weight is 1460 g/mol. The third-order valence-corrected chi connectivity index (χ3v) is 17.7. The standard InChI is InChI=1S/C78H103N7O20/c1-13-26-103-78(97)83-71(48(4)5)73(92)80-53(10)67(90)36-55-19-23-57(24-20-55)46-105-77(96)82-65-40-70(69(99-12)38-63(65)75(94)85-42-50(7)33-59(85)44-87)102-28-16-14-15-27-101-68-39-64(62(34-51(68)8)74(93)84-41-49(6)32-58(84)43-86)81-76(95)104-45-56-21-17-54(18-22-56)35-66(89)52(9)79-72(91)61(47(2)3)37-60(88)25-29-100-31-30-98-11/h13,17-24,34,38-42,47-48,52-53,58-59,61,71,86-87H,1,14-16,25-33,35-37,43-46H2,2-12H3,(H,79,91)(H,80,92)(H,81,95)(H,82,96)(H,83,97)/t52-,53-,58-,59-,61-,71+/m0/s1. The van der Waals surface area contributed by atoms with Crippen LogP contribution in [-0.4, -0.2) is 177 Å². The molecule has 27 nitrogen and oxygen atoms in total. The fraction of sp³-hybridized carbons (Fsp3) is 0.487. The minimum absolute atomic E-state index is 0.00768. The Morgan fingerprint density at radius 1 is 0.552 bits per heavy atom. The second-order valence-corrected chi connectivity index (χ2v) is 26.9. The summed E-state index contributed by atoms with van der Waals surface area (Å²) in [4.78, 5) is 136. The van der Waals surface area contributed by atoms with Gasteiger partial charge in [0.15, 0.2) is 23.1 Å². The summed E-state index contributed by atoms with van der Waals surface area (Å²) in [5.74, 6) is -2.85. The van der Waals surface area contributed by atoms with E-state index in [0.29, 0.717) is 78.9 Å². The molecule has 6 rings (SSSR count). The van der Waals surface area contributed by atoms with Gasteiger partial charge in [-0.15, -0.1) is 0 Å². The summed E-state index contributed by atoms with van der Waals surface area (Å²) in [6.45, 7) is 19.7. The maximum Gasteiger partial charge on any atom is 0.411 e. The molecule has 6 atom stereocenters. The Hall–Kier alpha value is -9.96. The van der Waals surface area contributed by atoms with Gasteiger partial charge in [0.25, 0.3) is 11.8 Å². The third-order valence-electron chi connectivity index (χ3n) is 17.7. The number of aryl methyl sites for hydroxylation is 1. The molecule has 0 aromatic heterocycles. The smallest absolute Gasteiger partial charge is 0.411 e. The zero-order valence-electron chi connectivity index (χ0n) is 62.1. The van der Waals surface area contributed by atoms with Crippen molar-refractivity contribution < 1.29 is 96.1 Å². The van der Waals surface area contributed by atoms with Gasteiger partial charge in [0.2, 0.25) is 11.8 Å². The van der Waals surface area contributed by atoms with E-state index in [1.54, 1.807) is 115 Å². The number of aliphatic hydroxyl groups is 2.